The van der Waals surface area contributed by atoms with Crippen LogP contribution in [-0.2, 0) is 4.79 Å². The van der Waals surface area contributed by atoms with E-state index in [9.17, 15) is 4.79 Å². The first-order valence-corrected chi connectivity index (χ1v) is 11.6. The number of unbranched alkanes of at least 4 members (excludes halogenated alkanes) is 1. The molecule has 5 nitrogen and oxygen atoms in total. The van der Waals surface area contributed by atoms with Crippen molar-refractivity contribution in [2.24, 2.45) is 0 Å². The van der Waals surface area contributed by atoms with Gasteiger partial charge >= 0.3 is 0 Å². The highest BCUT2D eigenvalue weighted by Crippen LogP contribution is 2.40. The van der Waals surface area contributed by atoms with E-state index >= 15 is 0 Å². The average Bonchev–Trinajstić information content (AvgIpc) is 3.38. The number of nitrogens with zero attached hydrogens (tertiary/aromatic N) is 4. The van der Waals surface area contributed by atoms with Crippen molar-refractivity contribution in [1.82, 2.24) is 19.5 Å². The van der Waals surface area contributed by atoms with Crippen LogP contribution in [0.3, 0.4) is 0 Å². The van der Waals surface area contributed by atoms with Gasteiger partial charge in [0.25, 0.3) is 0 Å². The van der Waals surface area contributed by atoms with Crippen LogP contribution < -0.4 is 0 Å². The van der Waals surface area contributed by atoms with Crippen LogP contribution >= 0.6 is 21.6 Å². The van der Waals surface area contributed by atoms with Gasteiger partial charge in [0.05, 0.1) is 6.04 Å². The van der Waals surface area contributed by atoms with Gasteiger partial charge < -0.3 is 4.90 Å². The molecule has 1 amide bonds. The lowest BCUT2D eigenvalue weighted by Gasteiger charge is -2.23. The Kier molecular flexibility index (Phi) is 5.51. The number of hydrogen-bond donors (Lipinski definition) is 0. The van der Waals surface area contributed by atoms with Gasteiger partial charge in [-0.15, -0.1) is 10.2 Å². The van der Waals surface area contributed by atoms with Crippen LogP contribution in [0.1, 0.15) is 56.8 Å². The fraction of sp³-hybridized carbons (Fsp3) is 0.611. The van der Waals surface area contributed by atoms with Crippen molar-refractivity contribution in [3.63, 3.8) is 0 Å². The van der Waals surface area contributed by atoms with Gasteiger partial charge in [-0.05, 0) is 44.2 Å². The van der Waals surface area contributed by atoms with Crippen molar-refractivity contribution < 1.29 is 4.79 Å². The second-order valence-corrected chi connectivity index (χ2v) is 9.59. The third-order valence-corrected chi connectivity index (χ3v) is 8.11. The Labute approximate surface area is 156 Å². The summed E-state index contributed by atoms with van der Waals surface area (Å²) in [6.07, 6.45) is 9.44. The Hall–Kier alpha value is -1.21. The molecule has 0 N–H and O–H groups in total. The number of rotatable bonds is 6. The zero-order valence-electron chi connectivity index (χ0n) is 14.3. The molecular weight excluding hydrogens is 352 g/mol. The number of hydrogen-bond acceptors (Lipinski definition) is 5. The molecule has 0 aliphatic carbocycles. The van der Waals surface area contributed by atoms with Crippen molar-refractivity contribution in [3.05, 3.63) is 30.2 Å². The van der Waals surface area contributed by atoms with Crippen LogP contribution in [0.2, 0.25) is 0 Å². The Balaban J connectivity index is 1.35. The van der Waals surface area contributed by atoms with E-state index in [0.29, 0.717) is 6.42 Å². The van der Waals surface area contributed by atoms with Crippen LogP contribution in [0.4, 0.5) is 0 Å². The number of fused-ring (bicyclic) bond motifs is 1. The quantitative estimate of drug-likeness (QED) is 0.561. The summed E-state index contributed by atoms with van der Waals surface area (Å²) in [5.41, 5.74) is 0.851. The molecule has 0 radical (unpaired) electrons. The van der Waals surface area contributed by atoms with E-state index in [1.54, 1.807) is 0 Å². The Morgan fingerprint density at radius 2 is 2.20 bits per heavy atom. The zero-order chi connectivity index (χ0) is 17.1. The summed E-state index contributed by atoms with van der Waals surface area (Å²) in [4.78, 5) is 14.8. The summed E-state index contributed by atoms with van der Waals surface area (Å²) in [7, 11) is 4.02. The second-order valence-electron chi connectivity index (χ2n) is 6.81. The van der Waals surface area contributed by atoms with E-state index in [-0.39, 0.29) is 11.9 Å². The molecule has 4 rings (SSSR count). The number of amides is 1. The normalized spacial score (nSPS) is 23.6. The van der Waals surface area contributed by atoms with E-state index in [4.69, 9.17) is 0 Å². The summed E-state index contributed by atoms with van der Waals surface area (Å²) in [5, 5.41) is 9.43. The zero-order valence-corrected chi connectivity index (χ0v) is 16.0. The van der Waals surface area contributed by atoms with Gasteiger partial charge in [0, 0.05) is 30.2 Å². The predicted octanol–water partition coefficient (Wildman–Crippen LogP) is 4.11. The molecule has 25 heavy (non-hydrogen) atoms. The fourth-order valence-electron chi connectivity index (χ4n) is 3.78. The topological polar surface area (TPSA) is 50.5 Å². The van der Waals surface area contributed by atoms with Gasteiger partial charge in [0.1, 0.15) is 0 Å². The molecule has 2 aliphatic heterocycles. The van der Waals surface area contributed by atoms with E-state index in [1.807, 2.05) is 55.3 Å². The molecule has 2 saturated heterocycles. The van der Waals surface area contributed by atoms with Gasteiger partial charge in [-0.3, -0.25) is 9.20 Å². The summed E-state index contributed by atoms with van der Waals surface area (Å²) in [6, 6.07) is 5.98. The van der Waals surface area contributed by atoms with Gasteiger partial charge in [-0.25, -0.2) is 0 Å². The molecule has 2 atom stereocenters. The highest BCUT2D eigenvalue weighted by atomic mass is 33.1. The van der Waals surface area contributed by atoms with E-state index < -0.39 is 0 Å². The Morgan fingerprint density at radius 3 is 3.08 bits per heavy atom. The standard InChI is InChI=1S/C18H24N4OS2/c23-17(9-2-1-6-14-10-13-24-25-14)21-12-5-7-15(21)18-20-19-16-8-3-4-11-22(16)18/h3-4,8,11,14-15H,1-2,5-7,9-10,12-13H2/t14-,15?/m1/s1. The van der Waals surface area contributed by atoms with E-state index in [0.717, 1.165) is 48.9 Å². The Bertz CT molecular complexity index is 729. The number of likely N-dealkylation sites (tertiary alicyclic amines) is 1. The summed E-state index contributed by atoms with van der Waals surface area (Å²) < 4.78 is 2.02. The number of aromatic nitrogens is 3. The van der Waals surface area contributed by atoms with Crippen molar-refractivity contribution in [2.75, 3.05) is 12.3 Å². The van der Waals surface area contributed by atoms with E-state index in [2.05, 4.69) is 10.2 Å². The Morgan fingerprint density at radius 1 is 1.24 bits per heavy atom. The largest absolute Gasteiger partial charge is 0.332 e. The van der Waals surface area contributed by atoms with Crippen LogP contribution in [0.5, 0.6) is 0 Å². The molecule has 134 valence electrons. The van der Waals surface area contributed by atoms with Crippen LogP contribution in [0.25, 0.3) is 5.65 Å². The van der Waals surface area contributed by atoms with Crippen molar-refractivity contribution in [2.45, 2.75) is 56.2 Å². The third kappa shape index (κ3) is 3.82. The van der Waals surface area contributed by atoms with Crippen molar-refractivity contribution in [3.8, 4) is 0 Å². The first kappa shape index (κ1) is 17.2. The maximum atomic E-state index is 12.7. The van der Waals surface area contributed by atoms with Crippen LogP contribution in [-0.4, -0.2) is 43.0 Å². The molecule has 0 saturated carbocycles. The molecule has 4 heterocycles. The molecule has 2 fully saturated rings. The smallest absolute Gasteiger partial charge is 0.223 e. The van der Waals surface area contributed by atoms with Crippen LogP contribution in [0.15, 0.2) is 24.4 Å². The summed E-state index contributed by atoms with van der Waals surface area (Å²) in [5.74, 6) is 2.47. The average molecular weight is 377 g/mol. The molecule has 2 aromatic rings. The maximum Gasteiger partial charge on any atom is 0.223 e. The van der Waals surface area contributed by atoms with Gasteiger partial charge in [0.2, 0.25) is 5.91 Å². The highest BCUT2D eigenvalue weighted by Gasteiger charge is 2.32. The van der Waals surface area contributed by atoms with Gasteiger partial charge in [-0.2, -0.15) is 0 Å². The molecule has 1 unspecified atom stereocenters. The van der Waals surface area contributed by atoms with Gasteiger partial charge in [0.15, 0.2) is 11.5 Å². The third-order valence-electron chi connectivity index (χ3n) is 5.11. The molecule has 0 aromatic carbocycles. The van der Waals surface area contributed by atoms with Crippen LogP contribution in [0, 0.1) is 0 Å². The highest BCUT2D eigenvalue weighted by molar-refractivity contribution is 8.77. The molecule has 7 heteroatoms. The monoisotopic (exact) mass is 376 g/mol. The summed E-state index contributed by atoms with van der Waals surface area (Å²) in [6.45, 7) is 0.848. The lowest BCUT2D eigenvalue weighted by Crippen LogP contribution is -2.31. The lowest BCUT2D eigenvalue weighted by atomic mass is 10.1. The second kappa shape index (κ2) is 7.99. The lowest BCUT2D eigenvalue weighted by molar-refractivity contribution is -0.132. The maximum absolute atomic E-state index is 12.7. The molecule has 0 bridgehead atoms. The van der Waals surface area contributed by atoms with Crippen molar-refractivity contribution in [1.29, 1.82) is 0 Å². The van der Waals surface area contributed by atoms with Crippen molar-refractivity contribution >= 4 is 33.1 Å². The first-order chi connectivity index (χ1) is 12.3. The minimum absolute atomic E-state index is 0.0756. The number of pyridine rings is 1. The van der Waals surface area contributed by atoms with Gasteiger partial charge in [-0.1, -0.05) is 34.1 Å². The van der Waals surface area contributed by atoms with E-state index in [1.165, 1.54) is 18.6 Å². The first-order valence-electron chi connectivity index (χ1n) is 9.20. The fourth-order valence-corrected chi connectivity index (χ4v) is 6.80. The SMILES string of the molecule is O=C(CCCC[C@@H]1CCSS1)N1CCCC1c1nnc2ccccn12. The molecular formula is C18H24N4OS2. The predicted molar refractivity (Wildman–Crippen MR) is 104 cm³/mol. The molecule has 2 aliphatic rings. The number of carbonyl (C=O) groups is 1. The summed E-state index contributed by atoms with van der Waals surface area (Å²) >= 11 is 0. The minimum atomic E-state index is 0.0756. The molecule has 0 spiro atoms. The molecule has 2 aromatic heterocycles. The number of carbonyl (C=O) groups excluding carboxylic acids is 1. The minimum Gasteiger partial charge on any atom is -0.332 e.